The first kappa shape index (κ1) is 14.6. The number of hydrogen-bond donors (Lipinski definition) is 0. The van der Waals surface area contributed by atoms with Crippen LogP contribution < -0.4 is 0 Å². The lowest BCUT2D eigenvalue weighted by molar-refractivity contribution is -0.00691. The van der Waals surface area contributed by atoms with Gasteiger partial charge in [-0.1, -0.05) is 6.07 Å². The molecule has 1 spiro atoms. The van der Waals surface area contributed by atoms with E-state index >= 15 is 0 Å². The number of benzene rings is 1. The van der Waals surface area contributed by atoms with Crippen molar-refractivity contribution >= 4 is 16.9 Å². The van der Waals surface area contributed by atoms with Crippen LogP contribution in [0.1, 0.15) is 42.5 Å². The van der Waals surface area contributed by atoms with E-state index in [2.05, 4.69) is 9.97 Å². The van der Waals surface area contributed by atoms with Gasteiger partial charge in [0.1, 0.15) is 5.52 Å². The van der Waals surface area contributed by atoms with Gasteiger partial charge in [-0.3, -0.25) is 14.8 Å². The van der Waals surface area contributed by atoms with E-state index in [4.69, 9.17) is 4.74 Å². The van der Waals surface area contributed by atoms with Crippen molar-refractivity contribution in [2.24, 2.45) is 0 Å². The summed E-state index contributed by atoms with van der Waals surface area (Å²) < 4.78 is 6.01. The molecule has 5 heteroatoms. The predicted molar refractivity (Wildman–Crippen MR) is 87.2 cm³/mol. The molecule has 2 fully saturated rings. The maximum Gasteiger partial charge on any atom is 0.256 e. The molecule has 1 atom stereocenters. The number of fused-ring (bicyclic) bond motifs is 1. The molecule has 2 aromatic rings. The zero-order valence-corrected chi connectivity index (χ0v) is 13.2. The van der Waals surface area contributed by atoms with Crippen molar-refractivity contribution in [2.75, 3.05) is 19.7 Å². The van der Waals surface area contributed by atoms with Crippen LogP contribution in [-0.2, 0) is 4.74 Å². The zero-order valence-electron chi connectivity index (χ0n) is 13.2. The first-order valence-electron chi connectivity index (χ1n) is 8.40. The third-order valence-electron chi connectivity index (χ3n) is 5.10. The molecule has 0 radical (unpaired) electrons. The number of likely N-dealkylation sites (tertiary alicyclic amines) is 1. The zero-order chi connectivity index (χ0) is 15.7. The average Bonchev–Trinajstić information content (AvgIpc) is 2.95. The number of nitrogens with zero attached hydrogens (tertiary/aromatic N) is 3. The minimum atomic E-state index is 0.0214. The Morgan fingerprint density at radius 3 is 2.83 bits per heavy atom. The molecule has 0 bridgehead atoms. The van der Waals surface area contributed by atoms with Crippen molar-refractivity contribution in [2.45, 2.75) is 37.7 Å². The fourth-order valence-corrected chi connectivity index (χ4v) is 3.86. The molecule has 23 heavy (non-hydrogen) atoms. The van der Waals surface area contributed by atoms with Crippen LogP contribution in [0.3, 0.4) is 0 Å². The number of rotatable bonds is 1. The predicted octanol–water partition coefficient (Wildman–Crippen LogP) is 2.81. The summed E-state index contributed by atoms with van der Waals surface area (Å²) in [6.07, 6.45) is 8.58. The van der Waals surface area contributed by atoms with E-state index in [0.717, 1.165) is 57.3 Å². The average molecular weight is 311 g/mol. The van der Waals surface area contributed by atoms with E-state index in [0.29, 0.717) is 11.1 Å². The highest BCUT2D eigenvalue weighted by Gasteiger charge is 2.37. The summed E-state index contributed by atoms with van der Waals surface area (Å²) in [5.74, 6) is 0.0612. The number of aromatic nitrogens is 2. The van der Waals surface area contributed by atoms with Crippen molar-refractivity contribution in [3.63, 3.8) is 0 Å². The molecule has 1 aromatic carbocycles. The van der Waals surface area contributed by atoms with Gasteiger partial charge in [0.2, 0.25) is 0 Å². The second kappa shape index (κ2) is 5.89. The van der Waals surface area contributed by atoms with E-state index in [1.54, 1.807) is 12.4 Å². The van der Waals surface area contributed by atoms with Crippen LogP contribution in [0.2, 0.25) is 0 Å². The third kappa shape index (κ3) is 2.70. The van der Waals surface area contributed by atoms with Crippen molar-refractivity contribution in [3.8, 4) is 0 Å². The molecule has 2 aliphatic rings. The summed E-state index contributed by atoms with van der Waals surface area (Å²) in [7, 11) is 0. The minimum Gasteiger partial charge on any atom is -0.375 e. The first-order chi connectivity index (χ1) is 11.3. The summed E-state index contributed by atoms with van der Waals surface area (Å²) in [6, 6.07) is 5.62. The van der Waals surface area contributed by atoms with Gasteiger partial charge in [-0.2, -0.15) is 0 Å². The van der Waals surface area contributed by atoms with Gasteiger partial charge in [0, 0.05) is 32.1 Å². The number of hydrogen-bond acceptors (Lipinski definition) is 4. The molecule has 0 unspecified atom stereocenters. The van der Waals surface area contributed by atoms with Crippen LogP contribution in [0.15, 0.2) is 30.6 Å². The third-order valence-corrected chi connectivity index (χ3v) is 5.10. The van der Waals surface area contributed by atoms with Crippen molar-refractivity contribution in [1.29, 1.82) is 0 Å². The van der Waals surface area contributed by atoms with Crippen LogP contribution in [0.5, 0.6) is 0 Å². The summed E-state index contributed by atoms with van der Waals surface area (Å²) in [6.45, 7) is 2.42. The van der Waals surface area contributed by atoms with Gasteiger partial charge in [-0.25, -0.2) is 0 Å². The number of para-hydroxylation sites is 1. The number of carbonyl (C=O) groups excluding carboxylic acids is 1. The number of ether oxygens (including phenoxy) is 1. The van der Waals surface area contributed by atoms with Gasteiger partial charge in [0.25, 0.3) is 5.91 Å². The largest absolute Gasteiger partial charge is 0.375 e. The molecule has 0 saturated carbocycles. The molecule has 5 nitrogen and oxygen atoms in total. The fraction of sp³-hybridized carbons (Fsp3) is 0.500. The summed E-state index contributed by atoms with van der Waals surface area (Å²) in [5, 5.41) is 0. The van der Waals surface area contributed by atoms with Crippen molar-refractivity contribution in [3.05, 3.63) is 36.2 Å². The van der Waals surface area contributed by atoms with Crippen LogP contribution in [0.4, 0.5) is 0 Å². The summed E-state index contributed by atoms with van der Waals surface area (Å²) in [5.41, 5.74) is 2.13. The topological polar surface area (TPSA) is 55.3 Å². The van der Waals surface area contributed by atoms with E-state index < -0.39 is 0 Å². The van der Waals surface area contributed by atoms with Gasteiger partial charge in [-0.05, 0) is 44.2 Å². The Kier molecular flexibility index (Phi) is 3.73. The Balaban J connectivity index is 1.58. The quantitative estimate of drug-likeness (QED) is 0.812. The maximum absolute atomic E-state index is 13.0. The molecule has 120 valence electrons. The van der Waals surface area contributed by atoms with Gasteiger partial charge in [0.15, 0.2) is 0 Å². The first-order valence-corrected chi connectivity index (χ1v) is 8.40. The normalized spacial score (nSPS) is 25.0. The van der Waals surface area contributed by atoms with Crippen LogP contribution in [0.25, 0.3) is 11.0 Å². The Hall–Kier alpha value is -2.01. The molecule has 2 saturated heterocycles. The number of amides is 1. The second-order valence-corrected chi connectivity index (χ2v) is 6.51. The Bertz CT molecular complexity index is 720. The molecule has 0 N–H and O–H groups in total. The SMILES string of the molecule is O=C(c1cccc2nccnc12)N1CCC[C@@]2(CCCO2)CC1. The highest BCUT2D eigenvalue weighted by Crippen LogP contribution is 2.36. The van der Waals surface area contributed by atoms with Gasteiger partial charge in [0.05, 0.1) is 16.7 Å². The minimum absolute atomic E-state index is 0.0214. The van der Waals surface area contributed by atoms with E-state index in [1.807, 2.05) is 23.1 Å². The van der Waals surface area contributed by atoms with Crippen LogP contribution >= 0.6 is 0 Å². The van der Waals surface area contributed by atoms with E-state index in [9.17, 15) is 4.79 Å². The van der Waals surface area contributed by atoms with Gasteiger partial charge < -0.3 is 9.64 Å². The lowest BCUT2D eigenvalue weighted by Gasteiger charge is -2.27. The standard InChI is InChI=1S/C18H21N3O2/c22-17(14-4-1-5-15-16(14)20-10-9-19-15)21-11-2-6-18(8-12-21)7-3-13-23-18/h1,4-5,9-10H,2-3,6-8,11-13H2/t18-/m1/s1. The smallest absolute Gasteiger partial charge is 0.256 e. The molecule has 1 amide bonds. The summed E-state index contributed by atoms with van der Waals surface area (Å²) >= 11 is 0. The molecule has 3 heterocycles. The molecular formula is C18H21N3O2. The van der Waals surface area contributed by atoms with Gasteiger partial charge in [-0.15, -0.1) is 0 Å². The van der Waals surface area contributed by atoms with Crippen LogP contribution in [0, 0.1) is 0 Å². The maximum atomic E-state index is 13.0. The Labute approximate surface area is 135 Å². The summed E-state index contributed by atoms with van der Waals surface area (Å²) in [4.78, 5) is 23.6. The van der Waals surface area contributed by atoms with E-state index in [-0.39, 0.29) is 11.5 Å². The number of carbonyl (C=O) groups is 1. The van der Waals surface area contributed by atoms with E-state index in [1.165, 1.54) is 0 Å². The second-order valence-electron chi connectivity index (χ2n) is 6.51. The fourth-order valence-electron chi connectivity index (χ4n) is 3.86. The Morgan fingerprint density at radius 2 is 1.96 bits per heavy atom. The van der Waals surface area contributed by atoms with Gasteiger partial charge >= 0.3 is 0 Å². The van der Waals surface area contributed by atoms with Crippen molar-refractivity contribution in [1.82, 2.24) is 14.9 Å². The highest BCUT2D eigenvalue weighted by molar-refractivity contribution is 6.04. The Morgan fingerprint density at radius 1 is 1.09 bits per heavy atom. The highest BCUT2D eigenvalue weighted by atomic mass is 16.5. The molecule has 1 aromatic heterocycles. The lowest BCUT2D eigenvalue weighted by Crippen LogP contribution is -2.34. The van der Waals surface area contributed by atoms with Crippen molar-refractivity contribution < 1.29 is 9.53 Å². The lowest BCUT2D eigenvalue weighted by atomic mass is 9.92. The molecule has 0 aliphatic carbocycles. The monoisotopic (exact) mass is 311 g/mol. The van der Waals surface area contributed by atoms with Crippen LogP contribution in [-0.4, -0.2) is 46.1 Å². The molecule has 4 rings (SSSR count). The molecular weight excluding hydrogens is 290 g/mol. The molecule has 2 aliphatic heterocycles.